The number of aliphatic imine (C=N–C) groups is 1. The van der Waals surface area contributed by atoms with Gasteiger partial charge in [-0.15, -0.1) is 0 Å². The molecule has 0 unspecified atom stereocenters. The molecule has 1 atom stereocenters. The number of carbonyl (C=O) groups is 2. The van der Waals surface area contributed by atoms with Crippen molar-refractivity contribution in [1.82, 2.24) is 10.2 Å². The highest BCUT2D eigenvalue weighted by atomic mass is 32.1. The lowest BCUT2D eigenvalue weighted by atomic mass is 10.1. The highest BCUT2D eigenvalue weighted by Gasteiger charge is 2.38. The van der Waals surface area contributed by atoms with E-state index in [4.69, 9.17) is 12.2 Å². The molecule has 1 fully saturated rings. The molecule has 7 heteroatoms. The summed E-state index contributed by atoms with van der Waals surface area (Å²) in [6.07, 6.45) is 1.41. The van der Waals surface area contributed by atoms with Gasteiger partial charge in [-0.25, -0.2) is 0 Å². The number of anilines is 1. The van der Waals surface area contributed by atoms with E-state index in [0.29, 0.717) is 12.2 Å². The van der Waals surface area contributed by atoms with E-state index in [1.165, 1.54) is 11.1 Å². The van der Waals surface area contributed by atoms with Gasteiger partial charge in [-0.05, 0) is 45.4 Å². The van der Waals surface area contributed by atoms with Crippen LogP contribution in [-0.4, -0.2) is 55.2 Å². The van der Waals surface area contributed by atoms with Crippen molar-refractivity contribution in [2.45, 2.75) is 6.92 Å². The summed E-state index contributed by atoms with van der Waals surface area (Å²) in [6.45, 7) is 3.24. The van der Waals surface area contributed by atoms with E-state index >= 15 is 0 Å². The zero-order valence-corrected chi connectivity index (χ0v) is 14.3. The summed E-state index contributed by atoms with van der Waals surface area (Å²) < 4.78 is 0. The maximum absolute atomic E-state index is 12.6. The van der Waals surface area contributed by atoms with E-state index in [9.17, 15) is 9.59 Å². The van der Waals surface area contributed by atoms with Crippen molar-refractivity contribution in [1.29, 1.82) is 0 Å². The minimum atomic E-state index is -0.954. The van der Waals surface area contributed by atoms with Gasteiger partial charge in [-0.2, -0.15) is 0 Å². The molecule has 1 aromatic carbocycles. The Kier molecular flexibility index (Phi) is 5.57. The number of amides is 2. The van der Waals surface area contributed by atoms with Gasteiger partial charge in [0.05, 0.1) is 12.2 Å². The van der Waals surface area contributed by atoms with E-state index in [1.807, 2.05) is 38.1 Å². The maximum Gasteiger partial charge on any atom is 0.251 e. The SMILES string of the molecule is Cc1ccc(N2C(=O)[C@@H](C=NCCN(C)C)C(=O)NC2=S)cc1. The fraction of sp³-hybridized carbons (Fsp3) is 0.375. The lowest BCUT2D eigenvalue weighted by Gasteiger charge is -2.31. The van der Waals surface area contributed by atoms with E-state index in [0.717, 1.165) is 12.1 Å². The summed E-state index contributed by atoms with van der Waals surface area (Å²) in [5.41, 5.74) is 1.72. The zero-order valence-electron chi connectivity index (χ0n) is 13.4. The molecule has 2 rings (SSSR count). The lowest BCUT2D eigenvalue weighted by Crippen LogP contribution is -2.58. The Balaban J connectivity index is 2.18. The summed E-state index contributed by atoms with van der Waals surface area (Å²) in [5.74, 6) is -1.77. The number of thiocarbonyl (C=S) groups is 1. The topological polar surface area (TPSA) is 65.0 Å². The third-order valence-corrected chi connectivity index (χ3v) is 3.71. The number of benzene rings is 1. The summed E-state index contributed by atoms with van der Waals surface area (Å²) in [6, 6.07) is 7.39. The largest absolute Gasteiger partial charge is 0.308 e. The van der Waals surface area contributed by atoms with Gasteiger partial charge in [-0.3, -0.25) is 19.5 Å². The molecule has 23 heavy (non-hydrogen) atoms. The van der Waals surface area contributed by atoms with E-state index < -0.39 is 11.8 Å². The standard InChI is InChI=1S/C16H20N4O2S/c1-11-4-6-12(7-5-11)20-15(22)13(14(21)18-16(20)23)10-17-8-9-19(2)3/h4-7,10,13H,8-9H2,1-3H3,(H,18,21,23)/t13-/m0/s1. The van der Waals surface area contributed by atoms with Crippen LogP contribution in [0.4, 0.5) is 5.69 Å². The monoisotopic (exact) mass is 332 g/mol. The van der Waals surface area contributed by atoms with Crippen LogP contribution in [0.2, 0.25) is 0 Å². The summed E-state index contributed by atoms with van der Waals surface area (Å²) >= 11 is 5.14. The molecule has 0 bridgehead atoms. The highest BCUT2D eigenvalue weighted by molar-refractivity contribution is 7.80. The first-order chi connectivity index (χ1) is 10.9. The minimum absolute atomic E-state index is 0.0989. The molecule has 1 aromatic rings. The Hall–Kier alpha value is -2.12. The molecule has 0 radical (unpaired) electrons. The lowest BCUT2D eigenvalue weighted by molar-refractivity contribution is -0.130. The third kappa shape index (κ3) is 4.20. The fourth-order valence-electron chi connectivity index (χ4n) is 2.10. The van der Waals surface area contributed by atoms with Crippen molar-refractivity contribution in [3.63, 3.8) is 0 Å². The predicted molar refractivity (Wildman–Crippen MR) is 94.8 cm³/mol. The van der Waals surface area contributed by atoms with Crippen LogP contribution in [0, 0.1) is 12.8 Å². The zero-order chi connectivity index (χ0) is 17.0. The van der Waals surface area contributed by atoms with E-state index in [1.54, 1.807) is 12.1 Å². The van der Waals surface area contributed by atoms with Gasteiger partial charge in [-0.1, -0.05) is 17.7 Å². The first-order valence-electron chi connectivity index (χ1n) is 7.30. The molecular formula is C16H20N4O2S. The van der Waals surface area contributed by atoms with Crippen LogP contribution in [0.3, 0.4) is 0 Å². The van der Waals surface area contributed by atoms with E-state index in [2.05, 4.69) is 10.3 Å². The van der Waals surface area contributed by atoms with Crippen LogP contribution in [0.5, 0.6) is 0 Å². The average Bonchev–Trinajstić information content (AvgIpc) is 2.47. The molecule has 1 N–H and O–H groups in total. The van der Waals surface area contributed by atoms with Crippen LogP contribution in [0.25, 0.3) is 0 Å². The number of hydrogen-bond acceptors (Lipinski definition) is 5. The Morgan fingerprint density at radius 3 is 2.57 bits per heavy atom. The van der Waals surface area contributed by atoms with E-state index in [-0.39, 0.29) is 11.0 Å². The molecule has 1 aliphatic rings. The van der Waals surface area contributed by atoms with Crippen LogP contribution in [-0.2, 0) is 9.59 Å². The molecule has 122 valence electrons. The number of hydrogen-bond donors (Lipinski definition) is 1. The quantitative estimate of drug-likeness (QED) is 0.496. The van der Waals surface area contributed by atoms with Gasteiger partial charge >= 0.3 is 0 Å². The smallest absolute Gasteiger partial charge is 0.251 e. The molecule has 0 spiro atoms. The molecule has 0 aliphatic carbocycles. The second-order valence-electron chi connectivity index (χ2n) is 5.64. The molecule has 0 aromatic heterocycles. The van der Waals surface area contributed by atoms with Crippen molar-refractivity contribution in [2.24, 2.45) is 10.9 Å². The van der Waals surface area contributed by atoms with Crippen molar-refractivity contribution < 1.29 is 9.59 Å². The number of rotatable bonds is 5. The molecular weight excluding hydrogens is 312 g/mol. The van der Waals surface area contributed by atoms with Crippen LogP contribution < -0.4 is 10.2 Å². The first kappa shape index (κ1) is 17.2. The second-order valence-corrected chi connectivity index (χ2v) is 6.03. The second kappa shape index (κ2) is 7.43. The van der Waals surface area contributed by atoms with Crippen LogP contribution in [0.15, 0.2) is 29.3 Å². The molecule has 6 nitrogen and oxygen atoms in total. The normalized spacial score (nSPS) is 18.9. The number of aryl methyl sites for hydroxylation is 1. The molecule has 1 heterocycles. The maximum atomic E-state index is 12.6. The van der Waals surface area contributed by atoms with Crippen molar-refractivity contribution >= 4 is 41.0 Å². The van der Waals surface area contributed by atoms with Crippen LogP contribution >= 0.6 is 12.2 Å². The van der Waals surface area contributed by atoms with Gasteiger partial charge in [0.15, 0.2) is 11.0 Å². The van der Waals surface area contributed by atoms with Crippen LogP contribution in [0.1, 0.15) is 5.56 Å². The Morgan fingerprint density at radius 1 is 1.30 bits per heavy atom. The summed E-state index contributed by atoms with van der Waals surface area (Å²) in [4.78, 5) is 32.2. The van der Waals surface area contributed by atoms with Gasteiger partial charge in [0.1, 0.15) is 0 Å². The average molecular weight is 332 g/mol. The summed E-state index contributed by atoms with van der Waals surface area (Å²) in [5, 5.41) is 2.67. The van der Waals surface area contributed by atoms with Gasteiger partial charge in [0.2, 0.25) is 5.91 Å². The van der Waals surface area contributed by atoms with Crippen molar-refractivity contribution in [2.75, 3.05) is 32.1 Å². The predicted octanol–water partition coefficient (Wildman–Crippen LogP) is 0.991. The molecule has 1 saturated heterocycles. The van der Waals surface area contributed by atoms with Gasteiger partial charge in [0, 0.05) is 12.8 Å². The van der Waals surface area contributed by atoms with Crippen molar-refractivity contribution in [3.8, 4) is 0 Å². The number of likely N-dealkylation sites (N-methyl/N-ethyl adjacent to an activating group) is 1. The van der Waals surface area contributed by atoms with Gasteiger partial charge in [0.25, 0.3) is 5.91 Å². The molecule has 2 amide bonds. The fourth-order valence-corrected chi connectivity index (χ4v) is 2.39. The van der Waals surface area contributed by atoms with Crippen molar-refractivity contribution in [3.05, 3.63) is 29.8 Å². The number of carbonyl (C=O) groups excluding carboxylic acids is 2. The first-order valence-corrected chi connectivity index (χ1v) is 7.71. The minimum Gasteiger partial charge on any atom is -0.308 e. The Morgan fingerprint density at radius 2 is 1.96 bits per heavy atom. The molecule has 0 saturated carbocycles. The van der Waals surface area contributed by atoms with Gasteiger partial charge < -0.3 is 10.2 Å². The number of nitrogens with zero attached hydrogens (tertiary/aromatic N) is 3. The Labute approximate surface area is 141 Å². The molecule has 1 aliphatic heterocycles. The summed E-state index contributed by atoms with van der Waals surface area (Å²) in [7, 11) is 3.87. The highest BCUT2D eigenvalue weighted by Crippen LogP contribution is 2.20. The number of nitrogens with one attached hydrogen (secondary N) is 1. The Bertz CT molecular complexity index is 640. The third-order valence-electron chi connectivity index (χ3n) is 3.43.